The molecule has 1 aliphatic rings. The minimum atomic E-state index is -0.599. The SMILES string of the molecule is COC(=O)c1ccccc1N(C)C1CC(=O)NC1=O. The number of esters is 1. The molecule has 1 N–H and O–H groups in total. The fourth-order valence-electron chi connectivity index (χ4n) is 2.08. The molecular formula is C13H14N2O4. The summed E-state index contributed by atoms with van der Waals surface area (Å²) >= 11 is 0. The topological polar surface area (TPSA) is 75.7 Å². The number of benzene rings is 1. The van der Waals surface area contributed by atoms with E-state index < -0.39 is 12.0 Å². The fraction of sp³-hybridized carbons (Fsp3) is 0.308. The van der Waals surface area contributed by atoms with Crippen molar-refractivity contribution in [3.05, 3.63) is 29.8 Å². The first-order valence-corrected chi connectivity index (χ1v) is 5.78. The van der Waals surface area contributed by atoms with Gasteiger partial charge in [-0.1, -0.05) is 12.1 Å². The van der Waals surface area contributed by atoms with Gasteiger partial charge in [0.2, 0.25) is 11.8 Å². The van der Waals surface area contributed by atoms with Gasteiger partial charge in [-0.2, -0.15) is 0 Å². The van der Waals surface area contributed by atoms with E-state index in [1.54, 1.807) is 36.2 Å². The Balaban J connectivity index is 2.34. The molecule has 0 radical (unpaired) electrons. The van der Waals surface area contributed by atoms with Crippen molar-refractivity contribution in [2.45, 2.75) is 12.5 Å². The van der Waals surface area contributed by atoms with Crippen LogP contribution in [0.25, 0.3) is 0 Å². The van der Waals surface area contributed by atoms with Crippen molar-refractivity contribution in [2.24, 2.45) is 0 Å². The molecule has 0 saturated carbocycles. The number of hydrogen-bond donors (Lipinski definition) is 1. The number of amides is 2. The molecule has 1 aromatic rings. The summed E-state index contributed by atoms with van der Waals surface area (Å²) in [6, 6.07) is 6.20. The number of imide groups is 1. The summed E-state index contributed by atoms with van der Waals surface area (Å²) in [6.45, 7) is 0. The number of anilines is 1. The van der Waals surface area contributed by atoms with Crippen LogP contribution in [-0.4, -0.2) is 38.0 Å². The molecule has 1 atom stereocenters. The highest BCUT2D eigenvalue weighted by Crippen LogP contribution is 2.24. The summed E-state index contributed by atoms with van der Waals surface area (Å²) in [6.07, 6.45) is 0.0881. The van der Waals surface area contributed by atoms with E-state index in [1.807, 2.05) is 0 Å². The number of methoxy groups -OCH3 is 1. The molecule has 0 spiro atoms. The molecule has 6 nitrogen and oxygen atoms in total. The Labute approximate surface area is 110 Å². The van der Waals surface area contributed by atoms with Crippen LogP contribution in [0, 0.1) is 0 Å². The Bertz CT molecular complexity index is 541. The number of nitrogens with one attached hydrogen (secondary N) is 1. The highest BCUT2D eigenvalue weighted by Gasteiger charge is 2.34. The summed E-state index contributed by atoms with van der Waals surface area (Å²) in [5.41, 5.74) is 0.920. The Morgan fingerprint density at radius 1 is 1.37 bits per heavy atom. The largest absolute Gasteiger partial charge is 0.465 e. The molecule has 1 aliphatic heterocycles. The number of nitrogens with zero attached hydrogens (tertiary/aromatic N) is 1. The Morgan fingerprint density at radius 2 is 2.05 bits per heavy atom. The van der Waals surface area contributed by atoms with Crippen LogP contribution in [0.2, 0.25) is 0 Å². The third-order valence-electron chi connectivity index (χ3n) is 3.10. The first-order valence-electron chi connectivity index (χ1n) is 5.78. The van der Waals surface area contributed by atoms with E-state index in [0.29, 0.717) is 11.3 Å². The van der Waals surface area contributed by atoms with Gasteiger partial charge in [0, 0.05) is 7.05 Å². The molecule has 2 rings (SSSR count). The van der Waals surface area contributed by atoms with E-state index in [1.165, 1.54) is 7.11 Å². The highest BCUT2D eigenvalue weighted by molar-refractivity contribution is 6.07. The number of carbonyl (C=O) groups is 3. The van der Waals surface area contributed by atoms with E-state index in [2.05, 4.69) is 5.32 Å². The van der Waals surface area contributed by atoms with Crippen LogP contribution in [0.5, 0.6) is 0 Å². The van der Waals surface area contributed by atoms with E-state index in [4.69, 9.17) is 4.74 Å². The highest BCUT2D eigenvalue weighted by atomic mass is 16.5. The minimum absolute atomic E-state index is 0.0881. The van der Waals surface area contributed by atoms with Gasteiger partial charge < -0.3 is 9.64 Å². The molecule has 1 heterocycles. The van der Waals surface area contributed by atoms with E-state index in [9.17, 15) is 14.4 Å². The van der Waals surface area contributed by atoms with Crippen LogP contribution in [0.4, 0.5) is 5.69 Å². The predicted octanol–water partition coefficient (Wildman–Crippen LogP) is 0.324. The minimum Gasteiger partial charge on any atom is -0.465 e. The average Bonchev–Trinajstić information content (AvgIpc) is 2.76. The maximum Gasteiger partial charge on any atom is 0.339 e. The van der Waals surface area contributed by atoms with Gasteiger partial charge >= 0.3 is 5.97 Å². The lowest BCUT2D eigenvalue weighted by Gasteiger charge is -2.25. The second-order valence-corrected chi connectivity index (χ2v) is 4.25. The van der Waals surface area contributed by atoms with Gasteiger partial charge in [0.05, 0.1) is 24.8 Å². The standard InChI is InChI=1S/C13H14N2O4/c1-15(10-7-11(16)14-12(10)17)9-6-4-3-5-8(9)13(18)19-2/h3-6,10H,7H2,1-2H3,(H,14,16,17). The molecule has 2 amide bonds. The van der Waals surface area contributed by atoms with Crippen molar-refractivity contribution < 1.29 is 19.1 Å². The number of hydrogen-bond acceptors (Lipinski definition) is 5. The van der Waals surface area contributed by atoms with Gasteiger partial charge in [0.25, 0.3) is 0 Å². The Morgan fingerprint density at radius 3 is 2.63 bits per heavy atom. The third-order valence-corrected chi connectivity index (χ3v) is 3.10. The van der Waals surface area contributed by atoms with Crippen LogP contribution in [0.3, 0.4) is 0 Å². The smallest absolute Gasteiger partial charge is 0.339 e. The van der Waals surface area contributed by atoms with Gasteiger partial charge in [0.1, 0.15) is 6.04 Å². The molecule has 100 valence electrons. The Kier molecular flexibility index (Phi) is 3.50. The maximum atomic E-state index is 11.7. The predicted molar refractivity (Wildman–Crippen MR) is 67.7 cm³/mol. The molecule has 1 unspecified atom stereocenters. The lowest BCUT2D eigenvalue weighted by Crippen LogP contribution is -2.38. The lowest BCUT2D eigenvalue weighted by atomic mass is 10.1. The van der Waals surface area contributed by atoms with Crippen LogP contribution in [0.1, 0.15) is 16.8 Å². The number of ether oxygens (including phenoxy) is 1. The number of likely N-dealkylation sites (N-methyl/N-ethyl adjacent to an activating group) is 1. The summed E-state index contributed by atoms with van der Waals surface area (Å²) in [5, 5.41) is 2.24. The summed E-state index contributed by atoms with van der Waals surface area (Å²) in [7, 11) is 2.97. The van der Waals surface area contributed by atoms with E-state index >= 15 is 0 Å². The molecule has 1 aromatic carbocycles. The Hall–Kier alpha value is -2.37. The first-order chi connectivity index (χ1) is 9.04. The molecule has 1 saturated heterocycles. The molecule has 0 aliphatic carbocycles. The van der Waals surface area contributed by atoms with Crippen molar-refractivity contribution in [1.82, 2.24) is 5.32 Å². The summed E-state index contributed by atoms with van der Waals surface area (Å²) in [5.74, 6) is -1.14. The quantitative estimate of drug-likeness (QED) is 0.627. The second kappa shape index (κ2) is 5.09. The van der Waals surface area contributed by atoms with Gasteiger partial charge in [-0.3, -0.25) is 14.9 Å². The molecule has 1 fully saturated rings. The van der Waals surface area contributed by atoms with Crippen molar-refractivity contribution in [2.75, 3.05) is 19.1 Å². The fourth-order valence-corrected chi connectivity index (χ4v) is 2.08. The number of carbonyl (C=O) groups excluding carboxylic acids is 3. The zero-order valence-electron chi connectivity index (χ0n) is 10.7. The zero-order valence-corrected chi connectivity index (χ0v) is 10.7. The van der Waals surface area contributed by atoms with Crippen molar-refractivity contribution in [1.29, 1.82) is 0 Å². The van der Waals surface area contributed by atoms with Crippen molar-refractivity contribution in [3.8, 4) is 0 Å². The van der Waals surface area contributed by atoms with Crippen LogP contribution < -0.4 is 10.2 Å². The second-order valence-electron chi connectivity index (χ2n) is 4.25. The maximum absolute atomic E-state index is 11.7. The molecule has 6 heteroatoms. The van der Waals surface area contributed by atoms with E-state index in [-0.39, 0.29) is 18.2 Å². The molecule has 0 aromatic heterocycles. The summed E-state index contributed by atoms with van der Waals surface area (Å²) < 4.78 is 4.70. The molecule has 0 bridgehead atoms. The van der Waals surface area contributed by atoms with Gasteiger partial charge in [-0.15, -0.1) is 0 Å². The van der Waals surface area contributed by atoms with Crippen LogP contribution in [0.15, 0.2) is 24.3 Å². The molecule has 19 heavy (non-hydrogen) atoms. The monoisotopic (exact) mass is 262 g/mol. The van der Waals surface area contributed by atoms with Crippen molar-refractivity contribution >= 4 is 23.5 Å². The molecular weight excluding hydrogens is 248 g/mol. The van der Waals surface area contributed by atoms with Crippen molar-refractivity contribution in [3.63, 3.8) is 0 Å². The number of para-hydroxylation sites is 1. The normalized spacial score (nSPS) is 18.1. The van der Waals surface area contributed by atoms with Gasteiger partial charge in [-0.05, 0) is 12.1 Å². The summed E-state index contributed by atoms with van der Waals surface area (Å²) in [4.78, 5) is 36.2. The lowest BCUT2D eigenvalue weighted by molar-refractivity contribution is -0.125. The first kappa shape index (κ1) is 13.1. The van der Waals surface area contributed by atoms with E-state index in [0.717, 1.165) is 0 Å². The zero-order chi connectivity index (χ0) is 14.0. The van der Waals surface area contributed by atoms with Gasteiger partial charge in [0.15, 0.2) is 0 Å². The van der Waals surface area contributed by atoms with Crippen LogP contribution in [-0.2, 0) is 14.3 Å². The van der Waals surface area contributed by atoms with Gasteiger partial charge in [-0.25, -0.2) is 4.79 Å². The average molecular weight is 262 g/mol. The number of rotatable bonds is 3. The third kappa shape index (κ3) is 2.42. The van der Waals surface area contributed by atoms with Crippen LogP contribution >= 0.6 is 0 Å².